The molecular weight excluding hydrogens is 394 g/mol. The number of fused-ring (bicyclic) bond motifs is 4. The summed E-state index contributed by atoms with van der Waals surface area (Å²) in [5, 5.41) is 4.68. The Morgan fingerprint density at radius 3 is 2.48 bits per heavy atom. The zero-order chi connectivity index (χ0) is 21.9. The van der Waals surface area contributed by atoms with E-state index in [1.165, 1.54) is 11.1 Å². The first-order chi connectivity index (χ1) is 14.8. The van der Waals surface area contributed by atoms with Crippen molar-refractivity contribution in [1.82, 2.24) is 10.6 Å². The van der Waals surface area contributed by atoms with E-state index >= 15 is 0 Å². The van der Waals surface area contributed by atoms with Gasteiger partial charge in [-0.05, 0) is 61.2 Å². The fourth-order valence-electron chi connectivity index (χ4n) is 5.26. The molecule has 5 rings (SSSR count). The minimum Gasteiger partial charge on any atom is -0.399 e. The molecule has 0 bridgehead atoms. The number of urea groups is 1. The summed E-state index contributed by atoms with van der Waals surface area (Å²) in [6.07, 6.45) is 0.195. The van der Waals surface area contributed by atoms with E-state index < -0.39 is 29.3 Å². The summed E-state index contributed by atoms with van der Waals surface area (Å²) in [7, 11) is 0. The van der Waals surface area contributed by atoms with E-state index in [4.69, 9.17) is 5.73 Å². The molecule has 4 amide bonds. The van der Waals surface area contributed by atoms with Gasteiger partial charge >= 0.3 is 6.03 Å². The van der Waals surface area contributed by atoms with Crippen molar-refractivity contribution in [2.24, 2.45) is 5.41 Å². The van der Waals surface area contributed by atoms with Crippen LogP contribution in [0.25, 0.3) is 0 Å². The van der Waals surface area contributed by atoms with E-state index in [2.05, 4.69) is 46.4 Å². The molecule has 31 heavy (non-hydrogen) atoms. The Morgan fingerprint density at radius 1 is 1.00 bits per heavy atom. The van der Waals surface area contributed by atoms with Crippen molar-refractivity contribution in [2.45, 2.75) is 26.3 Å². The summed E-state index contributed by atoms with van der Waals surface area (Å²) in [6, 6.07) is 10.6. The number of nitrogens with two attached hydrogens (primary N) is 1. The van der Waals surface area contributed by atoms with Crippen molar-refractivity contribution in [3.8, 4) is 0 Å². The first-order valence-corrected chi connectivity index (χ1v) is 10.4. The Labute approximate surface area is 180 Å². The minimum absolute atomic E-state index is 0.195. The molecule has 1 atom stereocenters. The zero-order valence-electron chi connectivity index (χ0n) is 17.6. The maximum atomic E-state index is 13.2. The number of aryl methyl sites for hydroxylation is 1. The standard InChI is InChI=1S/C23H25N5O3/c1-13-4-3-5-17(14(13)2)27-8-9-28-18-7-6-16(24)10-15(18)11-23(19(28)12-27)20(29)25-22(31)26-21(23)30/h3-7,10,19H,8-9,11-12,24H2,1-2H3,(H2,25,26,29,30,31). The van der Waals surface area contributed by atoms with Gasteiger partial charge < -0.3 is 15.5 Å². The first-order valence-electron chi connectivity index (χ1n) is 10.4. The summed E-state index contributed by atoms with van der Waals surface area (Å²) >= 11 is 0. The predicted octanol–water partition coefficient (Wildman–Crippen LogP) is 1.49. The highest BCUT2D eigenvalue weighted by Gasteiger charge is 2.60. The van der Waals surface area contributed by atoms with E-state index in [1.54, 1.807) is 0 Å². The molecule has 160 valence electrons. The van der Waals surface area contributed by atoms with Gasteiger partial charge in [0, 0.05) is 36.7 Å². The molecule has 8 nitrogen and oxygen atoms in total. The number of hydrogen-bond donors (Lipinski definition) is 3. The number of carbonyl (C=O) groups is 3. The van der Waals surface area contributed by atoms with Crippen LogP contribution in [0.1, 0.15) is 16.7 Å². The molecule has 1 spiro atoms. The Hall–Kier alpha value is -3.55. The molecule has 0 radical (unpaired) electrons. The van der Waals surface area contributed by atoms with Crippen molar-refractivity contribution < 1.29 is 14.4 Å². The molecule has 0 aromatic heterocycles. The van der Waals surface area contributed by atoms with Gasteiger partial charge in [-0.25, -0.2) is 4.79 Å². The molecule has 3 aliphatic heterocycles. The van der Waals surface area contributed by atoms with Crippen molar-refractivity contribution in [2.75, 3.05) is 35.2 Å². The first kappa shape index (κ1) is 19.4. The molecule has 2 aromatic rings. The minimum atomic E-state index is -1.41. The Bertz CT molecular complexity index is 1110. The van der Waals surface area contributed by atoms with E-state index in [1.807, 2.05) is 24.3 Å². The number of benzene rings is 2. The molecular formula is C23H25N5O3. The monoisotopic (exact) mass is 419 g/mol. The van der Waals surface area contributed by atoms with Gasteiger partial charge in [-0.1, -0.05) is 12.1 Å². The maximum absolute atomic E-state index is 13.2. The number of hydrogen-bond acceptors (Lipinski definition) is 6. The average Bonchev–Trinajstić information content (AvgIpc) is 2.73. The van der Waals surface area contributed by atoms with Crippen LogP contribution >= 0.6 is 0 Å². The van der Waals surface area contributed by atoms with E-state index in [9.17, 15) is 14.4 Å². The quantitative estimate of drug-likeness (QED) is 0.478. The lowest BCUT2D eigenvalue weighted by Gasteiger charge is -2.54. The van der Waals surface area contributed by atoms with Crippen LogP contribution in [-0.2, 0) is 16.0 Å². The van der Waals surface area contributed by atoms with Gasteiger partial charge in [-0.3, -0.25) is 20.2 Å². The number of nitrogens with zero attached hydrogens (tertiary/aromatic N) is 2. The number of anilines is 3. The average molecular weight is 419 g/mol. The number of barbiturate groups is 1. The lowest BCUT2D eigenvalue weighted by molar-refractivity contribution is -0.146. The van der Waals surface area contributed by atoms with E-state index in [-0.39, 0.29) is 6.42 Å². The summed E-state index contributed by atoms with van der Waals surface area (Å²) in [5.41, 5.74) is 10.5. The van der Waals surface area contributed by atoms with E-state index in [0.717, 1.165) is 23.5 Å². The van der Waals surface area contributed by atoms with Gasteiger partial charge in [0.2, 0.25) is 11.8 Å². The van der Waals surface area contributed by atoms with Crippen LogP contribution in [-0.4, -0.2) is 43.5 Å². The zero-order valence-corrected chi connectivity index (χ0v) is 17.6. The third-order valence-electron chi connectivity index (χ3n) is 7.01. The van der Waals surface area contributed by atoms with E-state index in [0.29, 0.717) is 18.8 Å². The number of imide groups is 2. The number of nitrogens with one attached hydrogen (secondary N) is 2. The van der Waals surface area contributed by atoms with Gasteiger partial charge in [-0.2, -0.15) is 0 Å². The van der Waals surface area contributed by atoms with Gasteiger partial charge in [0.25, 0.3) is 0 Å². The predicted molar refractivity (Wildman–Crippen MR) is 118 cm³/mol. The lowest BCUT2D eigenvalue weighted by Crippen LogP contribution is -2.74. The molecule has 2 fully saturated rings. The van der Waals surface area contributed by atoms with Crippen LogP contribution in [0, 0.1) is 19.3 Å². The van der Waals surface area contributed by atoms with Crippen LogP contribution in [0.2, 0.25) is 0 Å². The number of piperazine rings is 1. The van der Waals surface area contributed by atoms with Crippen LogP contribution in [0.15, 0.2) is 36.4 Å². The molecule has 0 saturated carbocycles. The van der Waals surface area contributed by atoms with Gasteiger partial charge in [-0.15, -0.1) is 0 Å². The van der Waals surface area contributed by atoms with Crippen LogP contribution in [0.5, 0.6) is 0 Å². The van der Waals surface area contributed by atoms with Crippen LogP contribution in [0.4, 0.5) is 21.9 Å². The molecule has 1 unspecified atom stereocenters. The molecule has 0 aliphatic carbocycles. The topological polar surface area (TPSA) is 108 Å². The molecule has 3 heterocycles. The Morgan fingerprint density at radius 2 is 1.74 bits per heavy atom. The molecule has 2 saturated heterocycles. The van der Waals surface area contributed by atoms with Crippen molar-refractivity contribution in [3.63, 3.8) is 0 Å². The third-order valence-corrected chi connectivity index (χ3v) is 7.01. The van der Waals surface area contributed by atoms with Crippen molar-refractivity contribution >= 4 is 34.9 Å². The second-order valence-electron chi connectivity index (χ2n) is 8.65. The van der Waals surface area contributed by atoms with Gasteiger partial charge in [0.15, 0.2) is 5.41 Å². The summed E-state index contributed by atoms with van der Waals surface area (Å²) in [5.74, 6) is -1.10. The van der Waals surface area contributed by atoms with Crippen molar-refractivity contribution in [3.05, 3.63) is 53.1 Å². The summed E-state index contributed by atoms with van der Waals surface area (Å²) in [6.45, 7) is 6.05. The maximum Gasteiger partial charge on any atom is 0.328 e. The largest absolute Gasteiger partial charge is 0.399 e. The second kappa shape index (κ2) is 6.73. The number of carbonyl (C=O) groups excluding carboxylic acids is 3. The molecule has 2 aromatic carbocycles. The number of amides is 4. The Kier molecular flexibility index (Phi) is 4.22. The summed E-state index contributed by atoms with van der Waals surface area (Å²) in [4.78, 5) is 42.7. The van der Waals surface area contributed by atoms with Crippen LogP contribution < -0.4 is 26.2 Å². The summed E-state index contributed by atoms with van der Waals surface area (Å²) < 4.78 is 0. The normalized spacial score (nSPS) is 22.0. The fourth-order valence-corrected chi connectivity index (χ4v) is 5.26. The highest BCUT2D eigenvalue weighted by atomic mass is 16.2. The fraction of sp³-hybridized carbons (Fsp3) is 0.348. The number of nitrogen functional groups attached to an aromatic ring is 1. The third kappa shape index (κ3) is 2.78. The molecule has 8 heteroatoms. The SMILES string of the molecule is Cc1cccc(N2CCN3c4ccc(N)cc4CC4(C(=O)NC(=O)NC4=O)C3C2)c1C. The highest BCUT2D eigenvalue weighted by Crippen LogP contribution is 2.45. The second-order valence-corrected chi connectivity index (χ2v) is 8.65. The number of rotatable bonds is 1. The molecule has 4 N–H and O–H groups in total. The van der Waals surface area contributed by atoms with Gasteiger partial charge in [0.1, 0.15) is 0 Å². The van der Waals surface area contributed by atoms with Gasteiger partial charge in [0.05, 0.1) is 6.04 Å². The van der Waals surface area contributed by atoms with Crippen molar-refractivity contribution in [1.29, 1.82) is 0 Å². The smallest absolute Gasteiger partial charge is 0.328 e. The molecule has 3 aliphatic rings. The lowest BCUT2D eigenvalue weighted by atomic mass is 9.68. The Balaban J connectivity index is 1.63. The van der Waals surface area contributed by atoms with Crippen LogP contribution in [0.3, 0.4) is 0 Å². The highest BCUT2D eigenvalue weighted by molar-refractivity contribution is 6.20.